The number of nitrogens with one attached hydrogen (secondary N) is 1. The Bertz CT molecular complexity index is 1270. The lowest BCUT2D eigenvalue weighted by Gasteiger charge is -2.29. The number of hydrogen-bond acceptors (Lipinski definition) is 6. The quantitative estimate of drug-likeness (QED) is 0.481. The number of para-hydroxylation sites is 2. The molecule has 3 N–H and O–H groups in total. The standard InChI is InChI=1S/C27H30N4O3S/c1-26(2,3)34-25(33)31-15-12-21-22(16-31)35-24(30-21)27(13-14-27)18-10-8-17(9-11-18)23(32)29-20-7-5-4-6-19(20)28/h4-11H,12-16,28H2,1-3H3,(H,29,32). The van der Waals surface area contributed by atoms with E-state index in [1.807, 2.05) is 57.2 Å². The van der Waals surface area contributed by atoms with E-state index in [4.69, 9.17) is 15.5 Å². The molecule has 8 heteroatoms. The number of aromatic nitrogens is 1. The smallest absolute Gasteiger partial charge is 0.410 e. The van der Waals surface area contributed by atoms with Crippen LogP contribution >= 0.6 is 11.3 Å². The third-order valence-corrected chi connectivity index (χ3v) is 7.74. The number of fused-ring (bicyclic) bond motifs is 1. The summed E-state index contributed by atoms with van der Waals surface area (Å²) in [4.78, 5) is 33.1. The summed E-state index contributed by atoms with van der Waals surface area (Å²) >= 11 is 1.70. The van der Waals surface area contributed by atoms with Gasteiger partial charge < -0.3 is 20.7 Å². The summed E-state index contributed by atoms with van der Waals surface area (Å²) in [5.74, 6) is -0.189. The van der Waals surface area contributed by atoms with Gasteiger partial charge in [0, 0.05) is 28.8 Å². The minimum atomic E-state index is -0.509. The molecule has 7 nitrogen and oxygen atoms in total. The van der Waals surface area contributed by atoms with Crippen molar-refractivity contribution in [2.45, 2.75) is 57.6 Å². The van der Waals surface area contributed by atoms with Crippen LogP contribution in [0.1, 0.15) is 65.1 Å². The van der Waals surface area contributed by atoms with Crippen LogP contribution in [0, 0.1) is 0 Å². The van der Waals surface area contributed by atoms with Crippen LogP contribution in [0.4, 0.5) is 16.2 Å². The molecule has 0 saturated heterocycles. The fourth-order valence-electron chi connectivity index (χ4n) is 4.38. The summed E-state index contributed by atoms with van der Waals surface area (Å²) in [5.41, 5.74) is 9.32. The van der Waals surface area contributed by atoms with Crippen LogP contribution in [-0.4, -0.2) is 34.0 Å². The average Bonchev–Trinajstić information content (AvgIpc) is 3.51. The SMILES string of the molecule is CC(C)(C)OC(=O)N1CCc2nc(C3(c4ccc(C(=O)Nc5ccccc5N)cc4)CC3)sc2C1. The number of benzene rings is 2. The molecular formula is C27H30N4O3S. The van der Waals surface area contributed by atoms with Gasteiger partial charge in [0.15, 0.2) is 0 Å². The van der Waals surface area contributed by atoms with Gasteiger partial charge in [-0.2, -0.15) is 0 Å². The van der Waals surface area contributed by atoms with Crippen LogP contribution in [-0.2, 0) is 23.1 Å². The van der Waals surface area contributed by atoms with Gasteiger partial charge >= 0.3 is 6.09 Å². The molecule has 2 heterocycles. The lowest BCUT2D eigenvalue weighted by molar-refractivity contribution is 0.0225. The second kappa shape index (κ2) is 8.68. The fraction of sp³-hybridized carbons (Fsp3) is 0.370. The predicted octanol–water partition coefficient (Wildman–Crippen LogP) is 5.35. The number of carbonyl (C=O) groups is 2. The number of rotatable bonds is 4. The first-order valence-electron chi connectivity index (χ1n) is 11.9. The monoisotopic (exact) mass is 490 g/mol. The number of nitrogen functional groups attached to an aromatic ring is 1. The maximum Gasteiger partial charge on any atom is 0.410 e. The van der Waals surface area contributed by atoms with Gasteiger partial charge in [-0.1, -0.05) is 24.3 Å². The van der Waals surface area contributed by atoms with Gasteiger partial charge in [-0.05, 0) is 63.4 Å². The van der Waals surface area contributed by atoms with E-state index < -0.39 is 5.60 Å². The zero-order chi connectivity index (χ0) is 24.8. The topological polar surface area (TPSA) is 97.5 Å². The lowest BCUT2D eigenvalue weighted by Crippen LogP contribution is -2.39. The molecule has 1 aromatic heterocycles. The largest absolute Gasteiger partial charge is 0.444 e. The lowest BCUT2D eigenvalue weighted by atomic mass is 9.95. The van der Waals surface area contributed by atoms with Crippen molar-refractivity contribution in [3.8, 4) is 0 Å². The molecule has 0 bridgehead atoms. The molecule has 0 radical (unpaired) electrons. The Labute approximate surface area is 209 Å². The van der Waals surface area contributed by atoms with Crippen molar-refractivity contribution in [2.75, 3.05) is 17.6 Å². The van der Waals surface area contributed by atoms with E-state index in [1.165, 1.54) is 5.56 Å². The van der Waals surface area contributed by atoms with Crippen molar-refractivity contribution in [1.82, 2.24) is 9.88 Å². The second-order valence-corrected chi connectivity index (χ2v) is 11.3. The Morgan fingerprint density at radius 1 is 1.11 bits per heavy atom. The van der Waals surface area contributed by atoms with Crippen LogP contribution in [0.2, 0.25) is 0 Å². The maximum atomic E-state index is 12.7. The fourth-order valence-corrected chi connectivity index (χ4v) is 5.77. The number of amides is 2. The van der Waals surface area contributed by atoms with E-state index >= 15 is 0 Å². The summed E-state index contributed by atoms with van der Waals surface area (Å²) in [6.45, 7) is 6.81. The molecule has 35 heavy (non-hydrogen) atoms. The zero-order valence-corrected chi connectivity index (χ0v) is 21.1. The molecule has 2 amide bonds. The van der Waals surface area contributed by atoms with Crippen molar-refractivity contribution in [3.63, 3.8) is 0 Å². The summed E-state index contributed by atoms with van der Waals surface area (Å²) in [5, 5.41) is 3.98. The van der Waals surface area contributed by atoms with Crippen molar-refractivity contribution >= 4 is 34.7 Å². The van der Waals surface area contributed by atoms with Gasteiger partial charge in [-0.15, -0.1) is 11.3 Å². The predicted molar refractivity (Wildman–Crippen MR) is 138 cm³/mol. The van der Waals surface area contributed by atoms with Crippen molar-refractivity contribution < 1.29 is 14.3 Å². The molecule has 2 aromatic carbocycles. The van der Waals surface area contributed by atoms with Gasteiger partial charge in [0.05, 0.1) is 23.6 Å². The molecule has 0 unspecified atom stereocenters. The van der Waals surface area contributed by atoms with Gasteiger partial charge in [-0.3, -0.25) is 4.79 Å². The van der Waals surface area contributed by atoms with E-state index in [-0.39, 0.29) is 17.4 Å². The Kier molecular flexibility index (Phi) is 5.79. The van der Waals surface area contributed by atoms with E-state index in [1.54, 1.807) is 28.4 Å². The van der Waals surface area contributed by atoms with Crippen LogP contribution in [0.3, 0.4) is 0 Å². The van der Waals surface area contributed by atoms with E-state index in [2.05, 4.69) is 5.32 Å². The minimum Gasteiger partial charge on any atom is -0.444 e. The second-order valence-electron chi connectivity index (χ2n) is 10.2. The molecule has 1 aliphatic carbocycles. The van der Waals surface area contributed by atoms with Crippen LogP contribution < -0.4 is 11.1 Å². The number of nitrogens with zero attached hydrogens (tertiary/aromatic N) is 2. The summed E-state index contributed by atoms with van der Waals surface area (Å²) in [6.07, 6.45) is 2.52. The van der Waals surface area contributed by atoms with Crippen LogP contribution in [0.5, 0.6) is 0 Å². The Morgan fingerprint density at radius 3 is 2.49 bits per heavy atom. The Hall–Kier alpha value is -3.39. The molecular weight excluding hydrogens is 460 g/mol. The third kappa shape index (κ3) is 4.75. The number of thiazole rings is 1. The zero-order valence-electron chi connectivity index (χ0n) is 20.3. The number of nitrogens with two attached hydrogens (primary N) is 1. The Morgan fingerprint density at radius 2 is 1.83 bits per heavy atom. The molecule has 2 aliphatic rings. The van der Waals surface area contributed by atoms with E-state index in [0.29, 0.717) is 30.0 Å². The first kappa shape index (κ1) is 23.4. The van der Waals surface area contributed by atoms with E-state index in [0.717, 1.165) is 34.8 Å². The molecule has 3 aromatic rings. The van der Waals surface area contributed by atoms with Crippen molar-refractivity contribution in [2.24, 2.45) is 0 Å². The summed E-state index contributed by atoms with van der Waals surface area (Å²) in [6, 6.07) is 15.0. The first-order valence-corrected chi connectivity index (χ1v) is 12.7. The highest BCUT2D eigenvalue weighted by atomic mass is 32.1. The summed E-state index contributed by atoms with van der Waals surface area (Å²) < 4.78 is 5.55. The van der Waals surface area contributed by atoms with Gasteiger partial charge in [0.25, 0.3) is 5.91 Å². The highest BCUT2D eigenvalue weighted by molar-refractivity contribution is 7.12. The number of ether oxygens (including phenoxy) is 1. The molecule has 5 rings (SSSR count). The van der Waals surface area contributed by atoms with Crippen molar-refractivity contribution in [1.29, 1.82) is 0 Å². The number of hydrogen-bond donors (Lipinski definition) is 2. The molecule has 1 saturated carbocycles. The number of carbonyl (C=O) groups excluding carboxylic acids is 2. The molecule has 1 aliphatic heterocycles. The van der Waals surface area contributed by atoms with Crippen LogP contribution in [0.25, 0.3) is 0 Å². The normalized spacial score (nSPS) is 16.4. The highest BCUT2D eigenvalue weighted by Crippen LogP contribution is 2.55. The highest BCUT2D eigenvalue weighted by Gasteiger charge is 2.49. The Balaban J connectivity index is 1.30. The molecule has 0 atom stereocenters. The third-order valence-electron chi connectivity index (χ3n) is 6.45. The number of anilines is 2. The molecule has 1 fully saturated rings. The minimum absolute atomic E-state index is 0.0996. The molecule has 0 spiro atoms. The van der Waals surface area contributed by atoms with Crippen LogP contribution in [0.15, 0.2) is 48.5 Å². The average molecular weight is 491 g/mol. The first-order chi connectivity index (χ1) is 16.6. The van der Waals surface area contributed by atoms with Crippen molar-refractivity contribution in [3.05, 3.63) is 75.2 Å². The van der Waals surface area contributed by atoms with Gasteiger partial charge in [0.1, 0.15) is 10.6 Å². The maximum absolute atomic E-state index is 12.7. The molecule has 182 valence electrons. The van der Waals surface area contributed by atoms with Gasteiger partial charge in [-0.25, -0.2) is 9.78 Å². The summed E-state index contributed by atoms with van der Waals surface area (Å²) in [7, 11) is 0. The van der Waals surface area contributed by atoms with Gasteiger partial charge in [0.2, 0.25) is 0 Å². The van der Waals surface area contributed by atoms with E-state index in [9.17, 15) is 9.59 Å².